The van der Waals surface area contributed by atoms with E-state index in [9.17, 15) is 14.3 Å². The van der Waals surface area contributed by atoms with Gasteiger partial charge in [0.25, 0.3) is 0 Å². The van der Waals surface area contributed by atoms with Crippen LogP contribution in [0.25, 0.3) is 0 Å². The van der Waals surface area contributed by atoms with E-state index < -0.39 is 17.9 Å². The maximum absolute atomic E-state index is 13.5. The number of carbonyl (C=O) groups excluding carboxylic acids is 1. The van der Waals surface area contributed by atoms with Crippen LogP contribution in [0.4, 0.5) is 10.1 Å². The van der Waals surface area contributed by atoms with Gasteiger partial charge in [0.1, 0.15) is 5.82 Å². The maximum Gasteiger partial charge on any atom is 0.339 e. The molecule has 1 aromatic rings. The number of carbonyl (C=O) groups is 1. The minimum Gasteiger partial charge on any atom is -0.464 e. The van der Waals surface area contributed by atoms with E-state index >= 15 is 0 Å². The molecule has 110 valence electrons. The Hall–Kier alpha value is -1.66. The molecule has 0 spiro atoms. The number of esters is 1. The minimum atomic E-state index is -1.41. The first kappa shape index (κ1) is 14.7. The first-order chi connectivity index (χ1) is 9.63. The molecular formula is C14H18FNO4. The van der Waals surface area contributed by atoms with Crippen molar-refractivity contribution in [3.8, 4) is 0 Å². The molecule has 1 aromatic carbocycles. The fourth-order valence-corrected chi connectivity index (χ4v) is 2.17. The first-order valence-corrected chi connectivity index (χ1v) is 6.60. The fourth-order valence-electron chi connectivity index (χ4n) is 2.17. The second-order valence-corrected chi connectivity index (χ2v) is 4.46. The second-order valence-electron chi connectivity index (χ2n) is 4.46. The van der Waals surface area contributed by atoms with Crippen LogP contribution >= 0.6 is 0 Å². The van der Waals surface area contributed by atoms with Crippen LogP contribution in [0.5, 0.6) is 0 Å². The lowest BCUT2D eigenvalue weighted by molar-refractivity contribution is -0.153. The molecule has 1 heterocycles. The number of morpholine rings is 1. The molecule has 0 aliphatic carbocycles. The highest BCUT2D eigenvalue weighted by Gasteiger charge is 2.25. The third-order valence-corrected chi connectivity index (χ3v) is 3.15. The summed E-state index contributed by atoms with van der Waals surface area (Å²) in [5.74, 6) is -1.14. The Morgan fingerprint density at radius 2 is 2.20 bits per heavy atom. The Labute approximate surface area is 116 Å². The van der Waals surface area contributed by atoms with E-state index in [2.05, 4.69) is 0 Å². The molecule has 1 atom stereocenters. The van der Waals surface area contributed by atoms with Gasteiger partial charge in [0.15, 0.2) is 6.10 Å². The molecule has 2 rings (SSSR count). The molecule has 1 saturated heterocycles. The molecule has 1 fully saturated rings. The predicted octanol–water partition coefficient (Wildman–Crippen LogP) is 1.26. The number of halogens is 1. The highest BCUT2D eigenvalue weighted by Crippen LogP contribution is 2.29. The summed E-state index contributed by atoms with van der Waals surface area (Å²) in [5.41, 5.74) is 0.862. The van der Waals surface area contributed by atoms with Gasteiger partial charge in [0.05, 0.1) is 19.8 Å². The number of rotatable bonds is 4. The maximum atomic E-state index is 13.5. The first-order valence-electron chi connectivity index (χ1n) is 6.60. The molecule has 0 saturated carbocycles. The summed E-state index contributed by atoms with van der Waals surface area (Å²) in [7, 11) is 0. The van der Waals surface area contributed by atoms with Gasteiger partial charge in [0.2, 0.25) is 0 Å². The van der Waals surface area contributed by atoms with Crippen molar-refractivity contribution in [1.29, 1.82) is 0 Å². The Bertz CT molecular complexity index is 474. The topological polar surface area (TPSA) is 59.0 Å². The van der Waals surface area contributed by atoms with Gasteiger partial charge in [-0.25, -0.2) is 9.18 Å². The third kappa shape index (κ3) is 3.26. The van der Waals surface area contributed by atoms with E-state index in [1.807, 2.05) is 4.90 Å². The van der Waals surface area contributed by atoms with Crippen molar-refractivity contribution < 1.29 is 23.8 Å². The predicted molar refractivity (Wildman–Crippen MR) is 71.0 cm³/mol. The molecule has 6 heteroatoms. The number of aliphatic hydroxyl groups excluding tert-OH is 1. The van der Waals surface area contributed by atoms with Crippen molar-refractivity contribution in [2.45, 2.75) is 13.0 Å². The Balaban J connectivity index is 2.29. The zero-order valence-electron chi connectivity index (χ0n) is 11.3. The molecule has 1 aliphatic rings. The van der Waals surface area contributed by atoms with Gasteiger partial charge in [-0.05, 0) is 19.1 Å². The molecule has 1 unspecified atom stereocenters. The van der Waals surface area contributed by atoms with Crippen LogP contribution in [-0.4, -0.2) is 44.0 Å². The van der Waals surface area contributed by atoms with Crippen LogP contribution in [0.1, 0.15) is 18.6 Å². The zero-order chi connectivity index (χ0) is 14.5. The van der Waals surface area contributed by atoms with Crippen molar-refractivity contribution in [3.05, 3.63) is 29.6 Å². The normalized spacial score (nSPS) is 16.9. The summed E-state index contributed by atoms with van der Waals surface area (Å²) in [5, 5.41) is 10.1. The molecule has 0 aromatic heterocycles. The van der Waals surface area contributed by atoms with Crippen LogP contribution in [0.15, 0.2) is 18.2 Å². The molecular weight excluding hydrogens is 265 g/mol. The fraction of sp³-hybridized carbons (Fsp3) is 0.500. The average molecular weight is 283 g/mol. The molecule has 1 N–H and O–H groups in total. The highest BCUT2D eigenvalue weighted by atomic mass is 19.1. The largest absolute Gasteiger partial charge is 0.464 e. The van der Waals surface area contributed by atoms with Gasteiger partial charge in [-0.15, -0.1) is 0 Å². The summed E-state index contributed by atoms with van der Waals surface area (Å²) >= 11 is 0. The van der Waals surface area contributed by atoms with Crippen molar-refractivity contribution >= 4 is 11.7 Å². The summed E-state index contributed by atoms with van der Waals surface area (Å²) in [6.07, 6.45) is -1.41. The number of ether oxygens (including phenoxy) is 2. The zero-order valence-corrected chi connectivity index (χ0v) is 11.3. The number of hydrogen-bond acceptors (Lipinski definition) is 5. The van der Waals surface area contributed by atoms with Crippen LogP contribution in [-0.2, 0) is 14.3 Å². The lowest BCUT2D eigenvalue weighted by atomic mass is 10.1. The summed E-state index contributed by atoms with van der Waals surface area (Å²) in [6, 6.07) is 3.96. The van der Waals surface area contributed by atoms with Crippen LogP contribution < -0.4 is 4.90 Å². The van der Waals surface area contributed by atoms with Crippen LogP contribution in [0, 0.1) is 5.82 Å². The molecule has 0 radical (unpaired) electrons. The Morgan fingerprint density at radius 3 is 2.85 bits per heavy atom. The lowest BCUT2D eigenvalue weighted by Gasteiger charge is -2.31. The number of nitrogens with zero attached hydrogens (tertiary/aromatic N) is 1. The molecule has 5 nitrogen and oxygen atoms in total. The molecule has 20 heavy (non-hydrogen) atoms. The van der Waals surface area contributed by atoms with Gasteiger partial charge < -0.3 is 19.5 Å². The van der Waals surface area contributed by atoms with Crippen LogP contribution in [0.2, 0.25) is 0 Å². The van der Waals surface area contributed by atoms with Gasteiger partial charge in [-0.1, -0.05) is 6.07 Å². The number of aliphatic hydroxyl groups is 1. The van der Waals surface area contributed by atoms with Crippen molar-refractivity contribution in [2.75, 3.05) is 37.8 Å². The van der Waals surface area contributed by atoms with E-state index in [4.69, 9.17) is 9.47 Å². The number of benzene rings is 1. The SMILES string of the molecule is CCOC(=O)C(O)c1ccc(F)cc1N1CCOCC1. The van der Waals surface area contributed by atoms with Crippen LogP contribution in [0.3, 0.4) is 0 Å². The van der Waals surface area contributed by atoms with E-state index in [0.717, 1.165) is 0 Å². The van der Waals surface area contributed by atoms with Gasteiger partial charge in [-0.2, -0.15) is 0 Å². The van der Waals surface area contributed by atoms with Crippen molar-refractivity contribution in [3.63, 3.8) is 0 Å². The summed E-state index contributed by atoms with van der Waals surface area (Å²) in [4.78, 5) is 13.5. The standard InChI is InChI=1S/C14H18FNO4/c1-2-20-14(18)13(17)11-4-3-10(15)9-12(11)16-5-7-19-8-6-16/h3-4,9,13,17H,2,5-8H2,1H3. The molecule has 0 amide bonds. The van der Waals surface area contributed by atoms with E-state index in [-0.39, 0.29) is 6.61 Å². The minimum absolute atomic E-state index is 0.184. The van der Waals surface area contributed by atoms with Gasteiger partial charge >= 0.3 is 5.97 Å². The van der Waals surface area contributed by atoms with E-state index in [0.29, 0.717) is 37.6 Å². The summed E-state index contributed by atoms with van der Waals surface area (Å²) < 4.78 is 23.5. The third-order valence-electron chi connectivity index (χ3n) is 3.15. The van der Waals surface area contributed by atoms with Crippen molar-refractivity contribution in [2.24, 2.45) is 0 Å². The highest BCUT2D eigenvalue weighted by molar-refractivity contribution is 5.79. The molecule has 0 bridgehead atoms. The smallest absolute Gasteiger partial charge is 0.339 e. The van der Waals surface area contributed by atoms with E-state index in [1.54, 1.807) is 6.92 Å². The Morgan fingerprint density at radius 1 is 1.50 bits per heavy atom. The number of anilines is 1. The Kier molecular flexibility index (Phi) is 4.92. The molecule has 1 aliphatic heterocycles. The lowest BCUT2D eigenvalue weighted by Crippen LogP contribution is -2.37. The quantitative estimate of drug-likeness (QED) is 0.843. The van der Waals surface area contributed by atoms with Gasteiger partial charge in [-0.3, -0.25) is 0 Å². The monoisotopic (exact) mass is 283 g/mol. The second kappa shape index (κ2) is 6.67. The van der Waals surface area contributed by atoms with Crippen molar-refractivity contribution in [1.82, 2.24) is 0 Å². The average Bonchev–Trinajstić information content (AvgIpc) is 2.47. The number of hydrogen-bond donors (Lipinski definition) is 1. The summed E-state index contributed by atoms with van der Waals surface area (Å²) in [6.45, 7) is 4.09. The van der Waals surface area contributed by atoms with E-state index in [1.165, 1.54) is 18.2 Å². The van der Waals surface area contributed by atoms with Gasteiger partial charge in [0, 0.05) is 24.3 Å².